The molecule has 3 rings (SSSR count). The molecule has 0 atom stereocenters. The standard InChI is InChI=1S/C25H30N4O4/c1-26-25(32)21-8-5-19(6-9-21)7-10-23(30)27-18-20-3-2-4-22(17-20)28-24(31)11-12-29-13-15-33-16-14-29/h2-10,17H,11-16,18H2,1H3,(H,26,32)(H,27,30)(H,28,31). The highest BCUT2D eigenvalue weighted by Gasteiger charge is 2.12. The molecule has 2 aromatic rings. The van der Waals surface area contributed by atoms with Gasteiger partial charge in [0.2, 0.25) is 11.8 Å². The lowest BCUT2D eigenvalue weighted by Gasteiger charge is -2.26. The number of rotatable bonds is 9. The van der Waals surface area contributed by atoms with E-state index in [0.29, 0.717) is 44.0 Å². The van der Waals surface area contributed by atoms with Gasteiger partial charge in [-0.25, -0.2) is 0 Å². The van der Waals surface area contributed by atoms with E-state index in [-0.39, 0.29) is 17.7 Å². The predicted molar refractivity (Wildman–Crippen MR) is 128 cm³/mol. The second kappa shape index (κ2) is 12.5. The van der Waals surface area contributed by atoms with E-state index in [1.54, 1.807) is 37.4 Å². The highest BCUT2D eigenvalue weighted by molar-refractivity contribution is 5.95. The van der Waals surface area contributed by atoms with Crippen molar-refractivity contribution in [2.45, 2.75) is 13.0 Å². The van der Waals surface area contributed by atoms with Crippen LogP contribution in [0.5, 0.6) is 0 Å². The molecule has 3 amide bonds. The van der Waals surface area contributed by atoms with Gasteiger partial charge in [-0.1, -0.05) is 24.3 Å². The lowest BCUT2D eigenvalue weighted by molar-refractivity contribution is -0.117. The number of ether oxygens (including phenoxy) is 1. The van der Waals surface area contributed by atoms with Crippen LogP contribution in [0.15, 0.2) is 54.6 Å². The molecule has 0 radical (unpaired) electrons. The minimum absolute atomic E-state index is 0.0342. The third-order valence-electron chi connectivity index (χ3n) is 5.26. The summed E-state index contributed by atoms with van der Waals surface area (Å²) in [6, 6.07) is 14.4. The van der Waals surface area contributed by atoms with Gasteiger partial charge < -0.3 is 20.7 Å². The van der Waals surface area contributed by atoms with Crippen LogP contribution in [0.1, 0.15) is 27.9 Å². The number of nitrogens with zero attached hydrogens (tertiary/aromatic N) is 1. The fourth-order valence-corrected chi connectivity index (χ4v) is 3.38. The molecule has 8 nitrogen and oxygen atoms in total. The Kier molecular flexibility index (Phi) is 9.17. The Morgan fingerprint density at radius 1 is 1.06 bits per heavy atom. The molecular formula is C25H30N4O4. The van der Waals surface area contributed by atoms with Crippen LogP contribution in [0, 0.1) is 0 Å². The second-order valence-corrected chi connectivity index (χ2v) is 7.70. The molecule has 2 aromatic carbocycles. The molecule has 1 aliphatic rings. The summed E-state index contributed by atoms with van der Waals surface area (Å²) in [5.41, 5.74) is 2.98. The van der Waals surface area contributed by atoms with Gasteiger partial charge in [-0.15, -0.1) is 0 Å². The van der Waals surface area contributed by atoms with Gasteiger partial charge in [0, 0.05) is 57.0 Å². The lowest BCUT2D eigenvalue weighted by atomic mass is 10.1. The zero-order valence-electron chi connectivity index (χ0n) is 18.8. The molecule has 1 fully saturated rings. The molecule has 0 spiro atoms. The number of carbonyl (C=O) groups is 3. The van der Waals surface area contributed by atoms with Crippen molar-refractivity contribution in [1.29, 1.82) is 0 Å². The number of hydrogen-bond acceptors (Lipinski definition) is 5. The number of nitrogens with one attached hydrogen (secondary N) is 3. The molecule has 174 valence electrons. The third kappa shape index (κ3) is 8.17. The average Bonchev–Trinajstić information content (AvgIpc) is 2.85. The molecule has 33 heavy (non-hydrogen) atoms. The highest BCUT2D eigenvalue weighted by Crippen LogP contribution is 2.12. The number of benzene rings is 2. The number of carbonyl (C=O) groups excluding carboxylic acids is 3. The van der Waals surface area contributed by atoms with Gasteiger partial charge in [-0.3, -0.25) is 19.3 Å². The third-order valence-corrected chi connectivity index (χ3v) is 5.26. The summed E-state index contributed by atoms with van der Waals surface area (Å²) in [4.78, 5) is 38.2. The normalized spacial score (nSPS) is 14.1. The Morgan fingerprint density at radius 2 is 1.82 bits per heavy atom. The summed E-state index contributed by atoms with van der Waals surface area (Å²) in [5, 5.41) is 8.32. The van der Waals surface area contributed by atoms with E-state index in [2.05, 4.69) is 20.9 Å². The van der Waals surface area contributed by atoms with E-state index in [9.17, 15) is 14.4 Å². The number of anilines is 1. The van der Waals surface area contributed by atoms with Crippen LogP contribution in [-0.4, -0.2) is 62.5 Å². The molecule has 0 aliphatic carbocycles. The number of amides is 3. The SMILES string of the molecule is CNC(=O)c1ccc(C=CC(=O)NCc2cccc(NC(=O)CCN3CCOCC3)c2)cc1. The molecule has 0 unspecified atom stereocenters. The first kappa shape index (κ1) is 24.2. The van der Waals surface area contributed by atoms with Crippen molar-refractivity contribution in [2.75, 3.05) is 45.2 Å². The second-order valence-electron chi connectivity index (χ2n) is 7.70. The number of morpholine rings is 1. The molecule has 0 bridgehead atoms. The van der Waals surface area contributed by atoms with Gasteiger partial charge in [-0.2, -0.15) is 0 Å². The van der Waals surface area contributed by atoms with Gasteiger partial charge in [0.15, 0.2) is 0 Å². The Balaban J connectivity index is 1.43. The first-order chi connectivity index (χ1) is 16.0. The molecular weight excluding hydrogens is 420 g/mol. The predicted octanol–water partition coefficient (Wildman–Crippen LogP) is 2.04. The van der Waals surface area contributed by atoms with E-state index in [1.807, 2.05) is 24.3 Å². The molecule has 8 heteroatoms. The van der Waals surface area contributed by atoms with Crippen molar-refractivity contribution in [3.05, 3.63) is 71.3 Å². The van der Waals surface area contributed by atoms with Crippen molar-refractivity contribution in [2.24, 2.45) is 0 Å². The van der Waals surface area contributed by atoms with E-state index in [4.69, 9.17) is 4.74 Å². The fraction of sp³-hybridized carbons (Fsp3) is 0.320. The van der Waals surface area contributed by atoms with Crippen LogP contribution in [0.4, 0.5) is 5.69 Å². The van der Waals surface area contributed by atoms with Gasteiger partial charge in [0.05, 0.1) is 13.2 Å². The van der Waals surface area contributed by atoms with E-state index >= 15 is 0 Å². The van der Waals surface area contributed by atoms with Crippen molar-refractivity contribution in [1.82, 2.24) is 15.5 Å². The van der Waals surface area contributed by atoms with Crippen molar-refractivity contribution in [3.63, 3.8) is 0 Å². The fourth-order valence-electron chi connectivity index (χ4n) is 3.38. The molecule has 3 N–H and O–H groups in total. The summed E-state index contributed by atoms with van der Waals surface area (Å²) in [7, 11) is 1.58. The Morgan fingerprint density at radius 3 is 2.55 bits per heavy atom. The average molecular weight is 451 g/mol. The van der Waals surface area contributed by atoms with Gasteiger partial charge in [-0.05, 0) is 41.5 Å². The number of hydrogen-bond donors (Lipinski definition) is 3. The van der Waals surface area contributed by atoms with Crippen LogP contribution in [0.2, 0.25) is 0 Å². The largest absolute Gasteiger partial charge is 0.379 e. The van der Waals surface area contributed by atoms with Crippen LogP contribution >= 0.6 is 0 Å². The summed E-state index contributed by atoms with van der Waals surface area (Å²) in [6.45, 7) is 4.21. The van der Waals surface area contributed by atoms with E-state index < -0.39 is 0 Å². The molecule has 1 aliphatic heterocycles. The summed E-state index contributed by atoms with van der Waals surface area (Å²) < 4.78 is 5.32. The minimum atomic E-state index is -0.231. The van der Waals surface area contributed by atoms with Crippen molar-refractivity contribution >= 4 is 29.5 Å². The quantitative estimate of drug-likeness (QED) is 0.508. The van der Waals surface area contributed by atoms with Gasteiger partial charge in [0.25, 0.3) is 5.91 Å². The summed E-state index contributed by atoms with van der Waals surface area (Å²) >= 11 is 0. The van der Waals surface area contributed by atoms with Crippen LogP contribution < -0.4 is 16.0 Å². The van der Waals surface area contributed by atoms with Gasteiger partial charge >= 0.3 is 0 Å². The summed E-state index contributed by atoms with van der Waals surface area (Å²) in [5.74, 6) is -0.419. The zero-order valence-corrected chi connectivity index (χ0v) is 18.8. The van der Waals surface area contributed by atoms with E-state index in [1.165, 1.54) is 6.08 Å². The smallest absolute Gasteiger partial charge is 0.251 e. The Bertz CT molecular complexity index is 982. The van der Waals surface area contributed by atoms with Gasteiger partial charge in [0.1, 0.15) is 0 Å². The Labute approximate surface area is 194 Å². The van der Waals surface area contributed by atoms with Crippen LogP contribution in [0.3, 0.4) is 0 Å². The molecule has 1 heterocycles. The maximum atomic E-state index is 12.3. The van der Waals surface area contributed by atoms with E-state index in [0.717, 1.165) is 24.2 Å². The molecule has 1 saturated heterocycles. The first-order valence-electron chi connectivity index (χ1n) is 11.0. The summed E-state index contributed by atoms with van der Waals surface area (Å²) in [6.07, 6.45) is 3.57. The van der Waals surface area contributed by atoms with Crippen molar-refractivity contribution in [3.8, 4) is 0 Å². The minimum Gasteiger partial charge on any atom is -0.379 e. The lowest BCUT2D eigenvalue weighted by Crippen LogP contribution is -2.38. The maximum Gasteiger partial charge on any atom is 0.251 e. The Hall–Kier alpha value is -3.49. The highest BCUT2D eigenvalue weighted by atomic mass is 16.5. The molecule has 0 aromatic heterocycles. The van der Waals surface area contributed by atoms with Crippen molar-refractivity contribution < 1.29 is 19.1 Å². The topological polar surface area (TPSA) is 99.8 Å². The van der Waals surface area contributed by atoms with Crippen LogP contribution in [0.25, 0.3) is 6.08 Å². The maximum absolute atomic E-state index is 12.3. The zero-order chi connectivity index (χ0) is 23.5. The molecule has 0 saturated carbocycles. The first-order valence-corrected chi connectivity index (χ1v) is 11.0. The van der Waals surface area contributed by atoms with Crippen LogP contribution in [-0.2, 0) is 20.9 Å². The monoisotopic (exact) mass is 450 g/mol.